The molecule has 1 amide bonds. The Morgan fingerprint density at radius 3 is 3.13 bits per heavy atom. The van der Waals surface area contributed by atoms with Crippen LogP contribution in [-0.2, 0) is 11.3 Å². The highest BCUT2D eigenvalue weighted by Gasteiger charge is 2.24. The van der Waals surface area contributed by atoms with E-state index in [-0.39, 0.29) is 5.91 Å². The van der Waals surface area contributed by atoms with E-state index in [2.05, 4.69) is 31.4 Å². The third-order valence-electron chi connectivity index (χ3n) is 4.30. The van der Waals surface area contributed by atoms with E-state index in [9.17, 15) is 4.79 Å². The molecule has 3 aromatic heterocycles. The molecule has 118 valence electrons. The van der Waals surface area contributed by atoms with Crippen LogP contribution in [0, 0.1) is 5.92 Å². The largest absolute Gasteiger partial charge is 0.346 e. The lowest BCUT2D eigenvalue weighted by molar-refractivity contribution is -0.120. The maximum atomic E-state index is 11.8. The average molecular weight is 309 g/mol. The molecular weight excluding hydrogens is 290 g/mol. The monoisotopic (exact) mass is 309 g/mol. The fourth-order valence-corrected chi connectivity index (χ4v) is 2.89. The summed E-state index contributed by atoms with van der Waals surface area (Å²) in [5, 5.41) is 3.97. The van der Waals surface area contributed by atoms with Gasteiger partial charge in [-0.2, -0.15) is 0 Å². The highest BCUT2D eigenvalue weighted by molar-refractivity contribution is 6.00. The molecule has 0 atom stereocenters. The zero-order chi connectivity index (χ0) is 15.8. The molecule has 0 radical (unpaired) electrons. The number of nitrogens with zero attached hydrogens (tertiary/aromatic N) is 3. The number of aryl methyl sites for hydroxylation is 1. The van der Waals surface area contributed by atoms with Crippen molar-refractivity contribution in [2.24, 2.45) is 5.92 Å². The number of hydrogen-bond donors (Lipinski definition) is 2. The number of aromatic nitrogens is 4. The Kier molecular flexibility index (Phi) is 3.37. The molecule has 0 aliphatic heterocycles. The van der Waals surface area contributed by atoms with E-state index in [1.165, 1.54) is 12.8 Å². The van der Waals surface area contributed by atoms with Crippen LogP contribution in [-0.4, -0.2) is 25.4 Å². The van der Waals surface area contributed by atoms with Gasteiger partial charge in [0.2, 0.25) is 5.91 Å². The Balaban J connectivity index is 1.46. The van der Waals surface area contributed by atoms with Crippen LogP contribution in [0.15, 0.2) is 37.1 Å². The van der Waals surface area contributed by atoms with Gasteiger partial charge in [0.1, 0.15) is 11.2 Å². The molecule has 1 fully saturated rings. The first-order valence-corrected chi connectivity index (χ1v) is 7.95. The molecule has 0 saturated heterocycles. The second-order valence-corrected chi connectivity index (χ2v) is 6.22. The number of aromatic amines is 1. The van der Waals surface area contributed by atoms with Gasteiger partial charge in [0.15, 0.2) is 0 Å². The number of hydrogen-bond acceptors (Lipinski definition) is 3. The van der Waals surface area contributed by atoms with Crippen LogP contribution in [0.2, 0.25) is 0 Å². The van der Waals surface area contributed by atoms with Crippen molar-refractivity contribution >= 4 is 28.0 Å². The lowest BCUT2D eigenvalue weighted by Gasteiger charge is -2.09. The van der Waals surface area contributed by atoms with E-state index >= 15 is 0 Å². The third kappa shape index (κ3) is 2.84. The van der Waals surface area contributed by atoms with Gasteiger partial charge >= 0.3 is 0 Å². The summed E-state index contributed by atoms with van der Waals surface area (Å²) < 4.78 is 2.09. The molecule has 0 aromatic carbocycles. The standard InChI is InChI=1S/C17H19N5O/c1-11(21-15(23)8-12-2-3-12)5-7-22-10-20-14-9-19-17-13(16(14)22)4-6-18-17/h4,6,9-10,12H,1-3,5,7-8H2,(H,18,19)(H,21,23). The molecule has 0 bridgehead atoms. The first-order chi connectivity index (χ1) is 11.2. The van der Waals surface area contributed by atoms with Crippen molar-refractivity contribution in [2.45, 2.75) is 32.2 Å². The second-order valence-electron chi connectivity index (χ2n) is 6.22. The molecule has 3 heterocycles. The maximum Gasteiger partial charge on any atom is 0.224 e. The maximum absolute atomic E-state index is 11.8. The first-order valence-electron chi connectivity index (χ1n) is 7.95. The molecule has 1 aliphatic carbocycles. The number of nitrogens with one attached hydrogen (secondary N) is 2. The SMILES string of the molecule is C=C(CCn1cnc2cnc3[nH]ccc3c21)NC(=O)CC1CC1. The topological polar surface area (TPSA) is 75.6 Å². The van der Waals surface area contributed by atoms with Crippen LogP contribution in [0.1, 0.15) is 25.7 Å². The number of pyridine rings is 1. The highest BCUT2D eigenvalue weighted by Crippen LogP contribution is 2.32. The van der Waals surface area contributed by atoms with Crippen molar-refractivity contribution in [3.05, 3.63) is 37.1 Å². The summed E-state index contributed by atoms with van der Waals surface area (Å²) in [6.07, 6.45) is 9.16. The predicted molar refractivity (Wildman–Crippen MR) is 88.6 cm³/mol. The highest BCUT2D eigenvalue weighted by atomic mass is 16.1. The number of amides is 1. The molecule has 6 nitrogen and oxygen atoms in total. The number of imidazole rings is 1. The van der Waals surface area contributed by atoms with Gasteiger partial charge in [-0.05, 0) is 24.8 Å². The van der Waals surface area contributed by atoms with Gasteiger partial charge in [-0.1, -0.05) is 6.58 Å². The summed E-state index contributed by atoms with van der Waals surface area (Å²) in [4.78, 5) is 23.7. The van der Waals surface area contributed by atoms with Crippen molar-refractivity contribution in [3.8, 4) is 0 Å². The fourth-order valence-electron chi connectivity index (χ4n) is 2.89. The summed E-state index contributed by atoms with van der Waals surface area (Å²) in [7, 11) is 0. The molecule has 1 saturated carbocycles. The van der Waals surface area contributed by atoms with Crippen LogP contribution in [0.5, 0.6) is 0 Å². The Bertz CT molecular complexity index is 887. The number of carbonyl (C=O) groups is 1. The van der Waals surface area contributed by atoms with Gasteiger partial charge < -0.3 is 14.9 Å². The van der Waals surface area contributed by atoms with E-state index in [0.29, 0.717) is 18.8 Å². The van der Waals surface area contributed by atoms with E-state index < -0.39 is 0 Å². The molecule has 0 spiro atoms. The van der Waals surface area contributed by atoms with Crippen molar-refractivity contribution in [1.29, 1.82) is 0 Å². The average Bonchev–Trinajstić information content (AvgIpc) is 3.06. The molecule has 4 rings (SSSR count). The molecule has 2 N–H and O–H groups in total. The van der Waals surface area contributed by atoms with E-state index in [0.717, 1.165) is 34.3 Å². The van der Waals surface area contributed by atoms with Crippen molar-refractivity contribution < 1.29 is 4.79 Å². The zero-order valence-electron chi connectivity index (χ0n) is 12.9. The second kappa shape index (κ2) is 5.53. The summed E-state index contributed by atoms with van der Waals surface area (Å²) >= 11 is 0. The van der Waals surface area contributed by atoms with E-state index in [4.69, 9.17) is 0 Å². The summed E-state index contributed by atoms with van der Waals surface area (Å²) in [6.45, 7) is 4.70. The van der Waals surface area contributed by atoms with Gasteiger partial charge in [-0.15, -0.1) is 0 Å². The lowest BCUT2D eigenvalue weighted by atomic mass is 10.2. The zero-order valence-corrected chi connectivity index (χ0v) is 12.9. The molecule has 3 aromatic rings. The van der Waals surface area contributed by atoms with Crippen LogP contribution in [0.25, 0.3) is 22.1 Å². The number of allylic oxidation sites excluding steroid dienone is 1. The van der Waals surface area contributed by atoms with Gasteiger partial charge in [0.05, 0.1) is 18.0 Å². The Morgan fingerprint density at radius 1 is 1.43 bits per heavy atom. The normalized spacial score (nSPS) is 14.4. The summed E-state index contributed by atoms with van der Waals surface area (Å²) in [5.74, 6) is 0.681. The Hall–Kier alpha value is -2.63. The summed E-state index contributed by atoms with van der Waals surface area (Å²) in [5.41, 5.74) is 3.56. The fraction of sp³-hybridized carbons (Fsp3) is 0.353. The van der Waals surface area contributed by atoms with Gasteiger partial charge in [-0.3, -0.25) is 4.79 Å². The number of rotatable bonds is 6. The first kappa shape index (κ1) is 14.0. The van der Waals surface area contributed by atoms with E-state index in [1.807, 2.05) is 18.6 Å². The Morgan fingerprint density at radius 2 is 2.30 bits per heavy atom. The van der Waals surface area contributed by atoms with Gasteiger partial charge in [0.25, 0.3) is 0 Å². The molecule has 0 unspecified atom stereocenters. The van der Waals surface area contributed by atoms with Crippen LogP contribution in [0.4, 0.5) is 0 Å². The van der Waals surface area contributed by atoms with Gasteiger partial charge in [-0.25, -0.2) is 9.97 Å². The van der Waals surface area contributed by atoms with Crippen molar-refractivity contribution in [1.82, 2.24) is 24.8 Å². The van der Waals surface area contributed by atoms with E-state index in [1.54, 1.807) is 6.20 Å². The predicted octanol–water partition coefficient (Wildman–Crippen LogP) is 2.73. The number of carbonyl (C=O) groups excluding carboxylic acids is 1. The van der Waals surface area contributed by atoms with Gasteiger partial charge in [0, 0.05) is 36.7 Å². The summed E-state index contributed by atoms with van der Waals surface area (Å²) in [6, 6.07) is 2.01. The minimum Gasteiger partial charge on any atom is -0.346 e. The minimum atomic E-state index is 0.0882. The van der Waals surface area contributed by atoms with Crippen LogP contribution in [0.3, 0.4) is 0 Å². The molecule has 6 heteroatoms. The lowest BCUT2D eigenvalue weighted by Crippen LogP contribution is -2.23. The number of H-pyrrole nitrogens is 1. The molecule has 1 aliphatic rings. The molecular formula is C17H19N5O. The minimum absolute atomic E-state index is 0.0882. The Labute approximate surface area is 133 Å². The number of fused-ring (bicyclic) bond motifs is 3. The molecule has 23 heavy (non-hydrogen) atoms. The van der Waals surface area contributed by atoms with Crippen molar-refractivity contribution in [3.63, 3.8) is 0 Å². The smallest absolute Gasteiger partial charge is 0.224 e. The third-order valence-corrected chi connectivity index (χ3v) is 4.30. The van der Waals surface area contributed by atoms with Crippen LogP contribution >= 0.6 is 0 Å². The van der Waals surface area contributed by atoms with Crippen molar-refractivity contribution in [2.75, 3.05) is 0 Å². The van der Waals surface area contributed by atoms with Crippen LogP contribution < -0.4 is 5.32 Å². The quantitative estimate of drug-likeness (QED) is 0.735.